The Kier molecular flexibility index (Phi) is 7.10. The molecular formula is C18H26IN5O. The third kappa shape index (κ3) is 4.87. The lowest BCUT2D eigenvalue weighted by Crippen LogP contribution is -2.44. The Hall–Kier alpha value is -1.77. The van der Waals surface area contributed by atoms with Gasteiger partial charge < -0.3 is 20.5 Å². The van der Waals surface area contributed by atoms with Crippen molar-refractivity contribution in [2.75, 3.05) is 20.1 Å². The maximum Gasteiger partial charge on any atom is 0.222 e. The molecule has 1 saturated heterocycles. The van der Waals surface area contributed by atoms with Crippen molar-refractivity contribution in [2.45, 2.75) is 32.4 Å². The van der Waals surface area contributed by atoms with Crippen LogP contribution in [-0.2, 0) is 11.3 Å². The number of hydrogen-bond acceptors (Lipinski definition) is 2. The van der Waals surface area contributed by atoms with Crippen molar-refractivity contribution in [2.24, 2.45) is 4.99 Å². The minimum atomic E-state index is 0. The predicted molar refractivity (Wildman–Crippen MR) is 112 cm³/mol. The number of carbonyl (C=O) groups excluding carboxylic acids is 1. The number of carbonyl (C=O) groups is 1. The molecule has 6 nitrogen and oxygen atoms in total. The molecule has 1 unspecified atom stereocenters. The van der Waals surface area contributed by atoms with E-state index in [4.69, 9.17) is 0 Å². The lowest BCUT2D eigenvalue weighted by atomic mass is 10.2. The van der Waals surface area contributed by atoms with E-state index in [0.29, 0.717) is 13.0 Å². The molecule has 2 heterocycles. The number of benzene rings is 1. The molecule has 7 heteroatoms. The Morgan fingerprint density at radius 2 is 2.20 bits per heavy atom. The number of aliphatic imine (C=N–C) groups is 1. The van der Waals surface area contributed by atoms with E-state index in [1.807, 2.05) is 24.0 Å². The first-order valence-electron chi connectivity index (χ1n) is 8.51. The number of nitrogens with zero attached hydrogens (tertiary/aromatic N) is 2. The summed E-state index contributed by atoms with van der Waals surface area (Å²) in [5, 5.41) is 7.96. The zero-order valence-corrected chi connectivity index (χ0v) is 17.0. The van der Waals surface area contributed by atoms with Crippen LogP contribution in [0.15, 0.2) is 35.3 Å². The number of rotatable bonds is 4. The summed E-state index contributed by atoms with van der Waals surface area (Å²) in [6, 6.07) is 10.6. The summed E-state index contributed by atoms with van der Waals surface area (Å²) in [7, 11) is 1.77. The van der Waals surface area contributed by atoms with E-state index in [0.717, 1.165) is 36.7 Å². The summed E-state index contributed by atoms with van der Waals surface area (Å²) in [6.07, 6.45) is 1.53. The number of fused-ring (bicyclic) bond motifs is 1. The second-order valence-electron chi connectivity index (χ2n) is 6.13. The molecule has 1 amide bonds. The van der Waals surface area contributed by atoms with E-state index in [-0.39, 0.29) is 35.9 Å². The van der Waals surface area contributed by atoms with Crippen molar-refractivity contribution in [3.63, 3.8) is 0 Å². The third-order valence-corrected chi connectivity index (χ3v) is 4.44. The fourth-order valence-corrected chi connectivity index (χ4v) is 3.12. The topological polar surface area (TPSA) is 72.5 Å². The highest BCUT2D eigenvalue weighted by atomic mass is 127. The molecule has 1 aliphatic rings. The summed E-state index contributed by atoms with van der Waals surface area (Å²) >= 11 is 0. The quantitative estimate of drug-likeness (QED) is 0.377. The number of aromatic nitrogens is 1. The van der Waals surface area contributed by atoms with Gasteiger partial charge >= 0.3 is 0 Å². The second-order valence-corrected chi connectivity index (χ2v) is 6.13. The van der Waals surface area contributed by atoms with Gasteiger partial charge in [0.25, 0.3) is 0 Å². The van der Waals surface area contributed by atoms with Crippen molar-refractivity contribution < 1.29 is 4.79 Å². The minimum Gasteiger partial charge on any atom is -0.357 e. The van der Waals surface area contributed by atoms with Gasteiger partial charge in [-0.2, -0.15) is 0 Å². The molecule has 1 atom stereocenters. The molecule has 1 aliphatic heterocycles. The van der Waals surface area contributed by atoms with Gasteiger partial charge in [-0.3, -0.25) is 9.79 Å². The molecule has 0 bridgehead atoms. The summed E-state index contributed by atoms with van der Waals surface area (Å²) < 4.78 is 0. The summed E-state index contributed by atoms with van der Waals surface area (Å²) in [6.45, 7) is 4.16. The molecule has 0 saturated carbocycles. The number of para-hydroxylation sites is 1. The van der Waals surface area contributed by atoms with Gasteiger partial charge in [0.05, 0.1) is 6.54 Å². The van der Waals surface area contributed by atoms with E-state index in [9.17, 15) is 4.79 Å². The van der Waals surface area contributed by atoms with Gasteiger partial charge in [-0.05, 0) is 23.9 Å². The van der Waals surface area contributed by atoms with E-state index in [2.05, 4.69) is 38.8 Å². The Balaban J connectivity index is 0.00000225. The molecule has 3 rings (SSSR count). The zero-order valence-electron chi connectivity index (χ0n) is 14.7. The Morgan fingerprint density at radius 3 is 2.92 bits per heavy atom. The van der Waals surface area contributed by atoms with E-state index in [1.54, 1.807) is 7.05 Å². The fourth-order valence-electron chi connectivity index (χ4n) is 3.12. The van der Waals surface area contributed by atoms with Crippen molar-refractivity contribution in [3.8, 4) is 0 Å². The first-order chi connectivity index (χ1) is 11.7. The van der Waals surface area contributed by atoms with Gasteiger partial charge in [0.2, 0.25) is 5.91 Å². The van der Waals surface area contributed by atoms with Gasteiger partial charge in [0.15, 0.2) is 5.96 Å². The van der Waals surface area contributed by atoms with E-state index in [1.165, 1.54) is 5.39 Å². The normalized spacial score (nSPS) is 17.4. The summed E-state index contributed by atoms with van der Waals surface area (Å²) in [5.74, 6) is 0.991. The van der Waals surface area contributed by atoms with E-state index < -0.39 is 0 Å². The molecule has 25 heavy (non-hydrogen) atoms. The number of halogens is 1. The van der Waals surface area contributed by atoms with Crippen LogP contribution in [0.1, 0.15) is 25.5 Å². The Labute approximate surface area is 165 Å². The Morgan fingerprint density at radius 1 is 1.40 bits per heavy atom. The standard InChI is InChI=1S/C18H25N5O.HI/c1-3-17(24)23-9-8-14(12-23)22-18(19-2)20-11-15-10-13-6-4-5-7-16(13)21-15;/h4-7,10,14,21H,3,8-9,11-12H2,1-2H3,(H2,19,20,22);1H. The molecule has 0 radical (unpaired) electrons. The number of nitrogens with one attached hydrogen (secondary N) is 3. The van der Waals surface area contributed by atoms with Gasteiger partial charge in [-0.1, -0.05) is 25.1 Å². The lowest BCUT2D eigenvalue weighted by molar-refractivity contribution is -0.129. The number of H-pyrrole nitrogens is 1. The lowest BCUT2D eigenvalue weighted by Gasteiger charge is -2.18. The maximum absolute atomic E-state index is 11.8. The first kappa shape index (κ1) is 19.6. The average Bonchev–Trinajstić information content (AvgIpc) is 3.24. The highest BCUT2D eigenvalue weighted by molar-refractivity contribution is 14.0. The van der Waals surface area contributed by atoms with E-state index >= 15 is 0 Å². The molecule has 1 fully saturated rings. The van der Waals surface area contributed by atoms with Crippen molar-refractivity contribution in [1.29, 1.82) is 0 Å². The molecule has 3 N–H and O–H groups in total. The van der Waals surface area contributed by atoms with Crippen molar-refractivity contribution >= 4 is 46.7 Å². The highest BCUT2D eigenvalue weighted by Crippen LogP contribution is 2.14. The fraction of sp³-hybridized carbons (Fsp3) is 0.444. The molecule has 2 aromatic rings. The van der Waals surface area contributed by atoms with Crippen molar-refractivity contribution in [3.05, 3.63) is 36.0 Å². The predicted octanol–water partition coefficient (Wildman–Crippen LogP) is 2.46. The second kappa shape index (κ2) is 9.07. The van der Waals surface area contributed by atoms with Crippen LogP contribution in [-0.4, -0.2) is 47.9 Å². The highest BCUT2D eigenvalue weighted by Gasteiger charge is 2.25. The molecule has 136 valence electrons. The van der Waals surface area contributed by atoms with Crippen LogP contribution in [0.2, 0.25) is 0 Å². The molecule has 0 aliphatic carbocycles. The first-order valence-corrected chi connectivity index (χ1v) is 8.51. The summed E-state index contributed by atoms with van der Waals surface area (Å²) in [4.78, 5) is 21.4. The summed E-state index contributed by atoms with van der Waals surface area (Å²) in [5.41, 5.74) is 2.26. The van der Waals surface area contributed by atoms with Crippen molar-refractivity contribution in [1.82, 2.24) is 20.5 Å². The number of hydrogen-bond donors (Lipinski definition) is 3. The largest absolute Gasteiger partial charge is 0.357 e. The van der Waals surface area contributed by atoms with Gasteiger partial charge in [0, 0.05) is 43.8 Å². The van der Waals surface area contributed by atoms with Crippen LogP contribution in [0.5, 0.6) is 0 Å². The zero-order chi connectivity index (χ0) is 16.9. The minimum absolute atomic E-state index is 0. The van der Waals surface area contributed by atoms with Crippen LogP contribution < -0.4 is 10.6 Å². The molecule has 0 spiro atoms. The SMILES string of the molecule is CCC(=O)N1CCC(NC(=NC)NCc2cc3ccccc3[nH]2)C1.I. The van der Waals surface area contributed by atoms with Gasteiger partial charge in [0.1, 0.15) is 0 Å². The monoisotopic (exact) mass is 455 g/mol. The molecular weight excluding hydrogens is 429 g/mol. The molecule has 1 aromatic heterocycles. The van der Waals surface area contributed by atoms with Gasteiger partial charge in [-0.25, -0.2) is 0 Å². The van der Waals surface area contributed by atoms with Crippen LogP contribution in [0, 0.1) is 0 Å². The number of guanidine groups is 1. The smallest absolute Gasteiger partial charge is 0.222 e. The average molecular weight is 455 g/mol. The number of likely N-dealkylation sites (tertiary alicyclic amines) is 1. The molecule has 1 aromatic carbocycles. The van der Waals surface area contributed by atoms with Crippen LogP contribution in [0.25, 0.3) is 10.9 Å². The van der Waals surface area contributed by atoms with Crippen LogP contribution in [0.4, 0.5) is 0 Å². The Bertz CT molecular complexity index is 709. The number of aromatic amines is 1. The van der Waals surface area contributed by atoms with Crippen LogP contribution in [0.3, 0.4) is 0 Å². The third-order valence-electron chi connectivity index (χ3n) is 4.44. The van der Waals surface area contributed by atoms with Crippen LogP contribution >= 0.6 is 24.0 Å². The van der Waals surface area contributed by atoms with Gasteiger partial charge in [-0.15, -0.1) is 24.0 Å². The number of amides is 1. The maximum atomic E-state index is 11.8.